The Balaban J connectivity index is 2.53. The van der Waals surface area contributed by atoms with E-state index < -0.39 is 0 Å². The van der Waals surface area contributed by atoms with E-state index in [1.165, 1.54) is 12.1 Å². The Labute approximate surface area is 100 Å². The van der Waals surface area contributed by atoms with E-state index in [-0.39, 0.29) is 5.82 Å². The van der Waals surface area contributed by atoms with Crippen molar-refractivity contribution in [3.63, 3.8) is 0 Å². The second kappa shape index (κ2) is 4.14. The molecule has 1 aromatic carbocycles. The fraction of sp³-hybridized carbons (Fsp3) is 0. The Hall–Kier alpha value is -1.17. The number of benzene rings is 1. The summed E-state index contributed by atoms with van der Waals surface area (Å²) in [5, 5.41) is 0. The first-order valence-electron chi connectivity index (χ1n) is 4.34. The molecular formula is C11H8FIN2. The second-order valence-electron chi connectivity index (χ2n) is 3.09. The van der Waals surface area contributed by atoms with Crippen molar-refractivity contribution in [2.45, 2.75) is 0 Å². The van der Waals surface area contributed by atoms with Crippen LogP contribution in [0.25, 0.3) is 11.1 Å². The van der Waals surface area contributed by atoms with E-state index in [0.29, 0.717) is 5.82 Å². The highest BCUT2D eigenvalue weighted by molar-refractivity contribution is 14.1. The van der Waals surface area contributed by atoms with Crippen molar-refractivity contribution in [3.05, 3.63) is 45.9 Å². The van der Waals surface area contributed by atoms with E-state index in [0.717, 1.165) is 14.7 Å². The molecule has 0 radical (unpaired) electrons. The average molecular weight is 314 g/mol. The highest BCUT2D eigenvalue weighted by Gasteiger charge is 2.04. The van der Waals surface area contributed by atoms with E-state index >= 15 is 0 Å². The largest absolute Gasteiger partial charge is 0.383 e. The van der Waals surface area contributed by atoms with E-state index in [9.17, 15) is 4.39 Å². The lowest BCUT2D eigenvalue weighted by Crippen LogP contribution is -1.94. The lowest BCUT2D eigenvalue weighted by atomic mass is 10.1. The Morgan fingerprint density at radius 3 is 2.53 bits per heavy atom. The molecule has 15 heavy (non-hydrogen) atoms. The first-order valence-corrected chi connectivity index (χ1v) is 5.41. The van der Waals surface area contributed by atoms with Crippen LogP contribution in [0, 0.1) is 9.39 Å². The third-order valence-corrected chi connectivity index (χ3v) is 2.63. The standard InChI is InChI=1S/C11H8FIN2/c12-8-3-1-7(2-4-8)10-5-9(13)6-15-11(10)14/h1-6H,(H2,14,15). The van der Waals surface area contributed by atoms with Crippen LogP contribution in [0.2, 0.25) is 0 Å². The van der Waals surface area contributed by atoms with Crippen molar-refractivity contribution < 1.29 is 4.39 Å². The minimum absolute atomic E-state index is 0.254. The summed E-state index contributed by atoms with van der Waals surface area (Å²) in [4.78, 5) is 4.05. The molecule has 76 valence electrons. The zero-order chi connectivity index (χ0) is 10.8. The number of halogens is 2. The molecule has 0 aliphatic heterocycles. The van der Waals surface area contributed by atoms with Crippen molar-refractivity contribution in [1.82, 2.24) is 4.98 Å². The van der Waals surface area contributed by atoms with Gasteiger partial charge >= 0.3 is 0 Å². The molecule has 2 nitrogen and oxygen atoms in total. The zero-order valence-corrected chi connectivity index (χ0v) is 9.90. The highest BCUT2D eigenvalue weighted by atomic mass is 127. The molecule has 0 spiro atoms. The van der Waals surface area contributed by atoms with Gasteiger partial charge in [-0.1, -0.05) is 12.1 Å². The highest BCUT2D eigenvalue weighted by Crippen LogP contribution is 2.25. The molecule has 0 saturated carbocycles. The van der Waals surface area contributed by atoms with Crippen LogP contribution in [0.4, 0.5) is 10.2 Å². The summed E-state index contributed by atoms with van der Waals surface area (Å²) in [6, 6.07) is 8.14. The maximum atomic E-state index is 12.7. The third kappa shape index (κ3) is 2.26. The first kappa shape index (κ1) is 10.4. The molecule has 0 aliphatic rings. The smallest absolute Gasteiger partial charge is 0.131 e. The minimum Gasteiger partial charge on any atom is -0.383 e. The molecule has 2 rings (SSSR count). The number of nitrogens with zero attached hydrogens (tertiary/aromatic N) is 1. The van der Waals surface area contributed by atoms with Gasteiger partial charge in [-0.3, -0.25) is 0 Å². The minimum atomic E-state index is -0.254. The molecule has 0 saturated heterocycles. The van der Waals surface area contributed by atoms with Crippen LogP contribution in [-0.4, -0.2) is 4.98 Å². The van der Waals surface area contributed by atoms with Gasteiger partial charge in [0.15, 0.2) is 0 Å². The van der Waals surface area contributed by atoms with Crippen LogP contribution in [0.1, 0.15) is 0 Å². The van der Waals surface area contributed by atoms with Gasteiger partial charge in [0.1, 0.15) is 11.6 Å². The van der Waals surface area contributed by atoms with Crippen molar-refractivity contribution in [2.75, 3.05) is 5.73 Å². The van der Waals surface area contributed by atoms with Crippen molar-refractivity contribution in [2.24, 2.45) is 0 Å². The molecule has 4 heteroatoms. The molecule has 0 fully saturated rings. The Kier molecular flexibility index (Phi) is 2.86. The van der Waals surface area contributed by atoms with Crippen molar-refractivity contribution in [3.8, 4) is 11.1 Å². The Morgan fingerprint density at radius 1 is 1.20 bits per heavy atom. The number of rotatable bonds is 1. The van der Waals surface area contributed by atoms with Crippen LogP contribution >= 0.6 is 22.6 Å². The molecule has 0 amide bonds. The zero-order valence-electron chi connectivity index (χ0n) is 7.74. The molecule has 0 aliphatic carbocycles. The van der Waals surface area contributed by atoms with Crippen molar-refractivity contribution >= 4 is 28.4 Å². The van der Waals surface area contributed by atoms with Gasteiger partial charge in [0.2, 0.25) is 0 Å². The quantitative estimate of drug-likeness (QED) is 0.822. The van der Waals surface area contributed by atoms with Crippen LogP contribution in [0.5, 0.6) is 0 Å². The predicted molar refractivity (Wildman–Crippen MR) is 66.8 cm³/mol. The summed E-state index contributed by atoms with van der Waals surface area (Å²) in [5.74, 6) is 0.206. The van der Waals surface area contributed by atoms with E-state index in [1.807, 2.05) is 6.07 Å². The van der Waals surface area contributed by atoms with Gasteiger partial charge in [-0.2, -0.15) is 0 Å². The summed E-state index contributed by atoms with van der Waals surface area (Å²) >= 11 is 2.16. The number of hydrogen-bond donors (Lipinski definition) is 1. The number of nitrogens with two attached hydrogens (primary N) is 1. The summed E-state index contributed by atoms with van der Waals surface area (Å²) in [6.07, 6.45) is 1.70. The molecule has 0 bridgehead atoms. The number of aromatic nitrogens is 1. The second-order valence-corrected chi connectivity index (χ2v) is 4.34. The van der Waals surface area contributed by atoms with Gasteiger partial charge < -0.3 is 5.73 Å². The van der Waals surface area contributed by atoms with E-state index in [2.05, 4.69) is 27.6 Å². The van der Waals surface area contributed by atoms with E-state index in [4.69, 9.17) is 5.73 Å². The van der Waals surface area contributed by atoms with Crippen LogP contribution in [-0.2, 0) is 0 Å². The fourth-order valence-corrected chi connectivity index (χ4v) is 1.76. The number of pyridine rings is 1. The fourth-order valence-electron chi connectivity index (χ4n) is 1.31. The van der Waals surface area contributed by atoms with Gasteiger partial charge in [-0.05, 0) is 46.4 Å². The lowest BCUT2D eigenvalue weighted by molar-refractivity contribution is 0.628. The van der Waals surface area contributed by atoms with Gasteiger partial charge in [0.05, 0.1) is 0 Å². The number of hydrogen-bond acceptors (Lipinski definition) is 2. The molecule has 1 aromatic heterocycles. The third-order valence-electron chi connectivity index (χ3n) is 2.04. The topological polar surface area (TPSA) is 38.9 Å². The van der Waals surface area contributed by atoms with E-state index in [1.54, 1.807) is 18.3 Å². The summed E-state index contributed by atoms with van der Waals surface area (Å²) < 4.78 is 13.7. The van der Waals surface area contributed by atoms with Gasteiger partial charge in [-0.15, -0.1) is 0 Å². The maximum Gasteiger partial charge on any atom is 0.131 e. The number of anilines is 1. The van der Waals surface area contributed by atoms with Crippen LogP contribution in [0.3, 0.4) is 0 Å². The SMILES string of the molecule is Nc1ncc(I)cc1-c1ccc(F)cc1. The first-order chi connectivity index (χ1) is 7.16. The van der Waals surface area contributed by atoms with Gasteiger partial charge in [0, 0.05) is 15.3 Å². The Morgan fingerprint density at radius 2 is 1.87 bits per heavy atom. The Bertz CT molecular complexity index is 482. The maximum absolute atomic E-state index is 12.7. The van der Waals surface area contributed by atoms with Crippen molar-refractivity contribution in [1.29, 1.82) is 0 Å². The molecule has 2 aromatic rings. The monoisotopic (exact) mass is 314 g/mol. The van der Waals surface area contributed by atoms with Crippen LogP contribution in [0.15, 0.2) is 36.5 Å². The molecule has 0 unspecified atom stereocenters. The summed E-state index contributed by atoms with van der Waals surface area (Å²) in [7, 11) is 0. The summed E-state index contributed by atoms with van der Waals surface area (Å²) in [5.41, 5.74) is 7.46. The summed E-state index contributed by atoms with van der Waals surface area (Å²) in [6.45, 7) is 0. The van der Waals surface area contributed by atoms with Crippen LogP contribution < -0.4 is 5.73 Å². The predicted octanol–water partition coefficient (Wildman–Crippen LogP) is 3.07. The molecule has 0 atom stereocenters. The molecular weight excluding hydrogens is 306 g/mol. The molecule has 1 heterocycles. The lowest BCUT2D eigenvalue weighted by Gasteiger charge is -2.05. The molecule has 2 N–H and O–H groups in total. The average Bonchev–Trinajstić information content (AvgIpc) is 2.23. The number of nitrogen functional groups attached to an aromatic ring is 1. The normalized spacial score (nSPS) is 10.3. The van der Waals surface area contributed by atoms with Gasteiger partial charge in [0.25, 0.3) is 0 Å². The van der Waals surface area contributed by atoms with Gasteiger partial charge in [-0.25, -0.2) is 9.37 Å².